The summed E-state index contributed by atoms with van der Waals surface area (Å²) in [5.74, 6) is 0.550. The second kappa shape index (κ2) is 7.63. The monoisotopic (exact) mass is 301 g/mol. The largest absolute Gasteiger partial charge is 0.535 e. The van der Waals surface area contributed by atoms with Crippen molar-refractivity contribution in [3.05, 3.63) is 49.2 Å². The van der Waals surface area contributed by atoms with Crippen LogP contribution in [0.2, 0.25) is 0 Å². The van der Waals surface area contributed by atoms with E-state index >= 15 is 0 Å². The van der Waals surface area contributed by atoms with E-state index < -0.39 is 6.16 Å². The molecule has 0 fully saturated rings. The lowest BCUT2D eigenvalue weighted by Gasteiger charge is -2.07. The van der Waals surface area contributed by atoms with E-state index in [1.54, 1.807) is 12.3 Å². The lowest BCUT2D eigenvalue weighted by Crippen LogP contribution is -2.22. The number of rotatable bonds is 6. The van der Waals surface area contributed by atoms with Crippen molar-refractivity contribution in [1.29, 1.82) is 0 Å². The Morgan fingerprint density at radius 1 is 1.36 bits per heavy atom. The Morgan fingerprint density at radius 2 is 2.18 bits per heavy atom. The van der Waals surface area contributed by atoms with Crippen molar-refractivity contribution in [2.45, 2.75) is 0 Å². The maximum absolute atomic E-state index is 11.0. The lowest BCUT2D eigenvalue weighted by atomic mass is 10.2. The van der Waals surface area contributed by atoms with E-state index in [4.69, 9.17) is 10.5 Å². The zero-order chi connectivity index (χ0) is 15.8. The second-order valence-electron chi connectivity index (χ2n) is 4.14. The smallest absolute Gasteiger partial charge is 0.483 e. The van der Waals surface area contributed by atoms with E-state index in [0.717, 1.165) is 5.39 Å². The van der Waals surface area contributed by atoms with Gasteiger partial charge in [0.05, 0.1) is 0 Å². The number of carbonyl (C=O) groups excluding carboxylic acids is 1. The number of nitrogens with two attached hydrogens (primary N) is 1. The highest BCUT2D eigenvalue weighted by molar-refractivity contribution is 5.85. The van der Waals surface area contributed by atoms with Crippen LogP contribution in [0.4, 0.5) is 4.79 Å². The summed E-state index contributed by atoms with van der Waals surface area (Å²) in [6, 6.07) is 9.29. The summed E-state index contributed by atoms with van der Waals surface area (Å²) in [4.78, 5) is 19.7. The quantitative estimate of drug-likeness (QED) is 0.219. The number of ether oxygens (including phenoxy) is 2. The Balaban J connectivity index is 1.94. The number of aromatic nitrogens is 1. The number of carbonyl (C=O) groups is 1. The predicted molar refractivity (Wildman–Crippen MR) is 81.5 cm³/mol. The molecule has 2 aromatic rings. The van der Waals surface area contributed by atoms with E-state index in [1.165, 1.54) is 6.08 Å². The minimum Gasteiger partial charge on any atom is -0.483 e. The van der Waals surface area contributed by atoms with Gasteiger partial charge in [-0.25, -0.2) is 4.79 Å². The summed E-state index contributed by atoms with van der Waals surface area (Å²) < 4.78 is 10.1. The first-order valence-electron chi connectivity index (χ1n) is 6.44. The van der Waals surface area contributed by atoms with Crippen LogP contribution in [0.25, 0.3) is 10.9 Å². The second-order valence-corrected chi connectivity index (χ2v) is 4.14. The SMILES string of the molecule is C=CCOC(=O)ON=C(N)COc1cccc2cccnc12. The van der Waals surface area contributed by atoms with E-state index in [2.05, 4.69) is 26.3 Å². The molecule has 0 saturated heterocycles. The molecule has 22 heavy (non-hydrogen) atoms. The van der Waals surface area contributed by atoms with Crippen LogP contribution in [0, 0.1) is 0 Å². The third-order valence-electron chi connectivity index (χ3n) is 2.53. The number of para-hydroxylation sites is 1. The summed E-state index contributed by atoms with van der Waals surface area (Å²) in [6.07, 6.45) is 2.12. The zero-order valence-corrected chi connectivity index (χ0v) is 11.8. The van der Waals surface area contributed by atoms with E-state index in [0.29, 0.717) is 11.3 Å². The van der Waals surface area contributed by atoms with Gasteiger partial charge in [0.25, 0.3) is 0 Å². The molecule has 1 aromatic heterocycles. The molecule has 2 rings (SSSR count). The van der Waals surface area contributed by atoms with E-state index in [1.807, 2.05) is 24.3 Å². The Hall–Kier alpha value is -3.09. The van der Waals surface area contributed by atoms with Gasteiger partial charge in [-0.05, 0) is 12.1 Å². The van der Waals surface area contributed by atoms with Crippen molar-refractivity contribution in [3.63, 3.8) is 0 Å². The summed E-state index contributed by atoms with van der Waals surface area (Å²) in [6.45, 7) is 3.38. The maximum atomic E-state index is 11.0. The molecular formula is C15H15N3O4. The van der Waals surface area contributed by atoms with Crippen LogP contribution in [0.15, 0.2) is 54.3 Å². The third-order valence-corrected chi connectivity index (χ3v) is 2.53. The van der Waals surface area contributed by atoms with Crippen LogP contribution >= 0.6 is 0 Å². The number of amidine groups is 1. The average molecular weight is 301 g/mol. The zero-order valence-electron chi connectivity index (χ0n) is 11.8. The number of fused-ring (bicyclic) bond motifs is 1. The fraction of sp³-hybridized carbons (Fsp3) is 0.133. The normalized spacial score (nSPS) is 11.0. The van der Waals surface area contributed by atoms with Crippen LogP contribution in [-0.2, 0) is 9.57 Å². The highest BCUT2D eigenvalue weighted by atomic mass is 16.8. The van der Waals surface area contributed by atoms with Gasteiger partial charge in [-0.1, -0.05) is 36.0 Å². The van der Waals surface area contributed by atoms with Crippen molar-refractivity contribution in [2.75, 3.05) is 13.2 Å². The van der Waals surface area contributed by atoms with Crippen molar-refractivity contribution in [2.24, 2.45) is 10.9 Å². The van der Waals surface area contributed by atoms with Gasteiger partial charge in [0.15, 0.2) is 5.84 Å². The highest BCUT2D eigenvalue weighted by Gasteiger charge is 2.06. The van der Waals surface area contributed by atoms with Crippen LogP contribution in [0.5, 0.6) is 5.75 Å². The molecule has 0 spiro atoms. The molecule has 1 heterocycles. The Labute approximate surface area is 127 Å². The summed E-state index contributed by atoms with van der Waals surface area (Å²) in [7, 11) is 0. The molecular weight excluding hydrogens is 286 g/mol. The van der Waals surface area contributed by atoms with Crippen molar-refractivity contribution < 1.29 is 19.1 Å². The number of hydrogen-bond donors (Lipinski definition) is 1. The summed E-state index contributed by atoms with van der Waals surface area (Å²) >= 11 is 0. The van der Waals surface area contributed by atoms with E-state index in [-0.39, 0.29) is 19.0 Å². The molecule has 7 nitrogen and oxygen atoms in total. The molecule has 0 bridgehead atoms. The molecule has 0 atom stereocenters. The average Bonchev–Trinajstić information content (AvgIpc) is 2.56. The first-order valence-corrected chi connectivity index (χ1v) is 6.44. The van der Waals surface area contributed by atoms with Crippen molar-refractivity contribution in [1.82, 2.24) is 4.98 Å². The molecule has 0 saturated carbocycles. The highest BCUT2D eigenvalue weighted by Crippen LogP contribution is 2.22. The molecule has 2 N–H and O–H groups in total. The molecule has 0 aliphatic rings. The third kappa shape index (κ3) is 4.20. The molecule has 0 aliphatic carbocycles. The first-order chi connectivity index (χ1) is 10.7. The number of hydrogen-bond acceptors (Lipinski definition) is 6. The Kier molecular flexibility index (Phi) is 5.31. The topological polar surface area (TPSA) is 96.0 Å². The molecule has 0 radical (unpaired) electrons. The standard InChI is InChI=1S/C15H15N3O4/c1-2-9-20-15(19)22-18-13(16)10-21-12-7-3-5-11-6-4-8-17-14(11)12/h2-8H,1,9-10H2,(H2,16,18). The van der Waals surface area contributed by atoms with Crippen LogP contribution < -0.4 is 10.5 Å². The summed E-state index contributed by atoms with van der Waals surface area (Å²) in [5.41, 5.74) is 6.31. The Morgan fingerprint density at radius 3 is 3.00 bits per heavy atom. The van der Waals surface area contributed by atoms with Gasteiger partial charge in [-0.3, -0.25) is 9.82 Å². The maximum Gasteiger partial charge on any atom is 0.535 e. The number of oxime groups is 1. The number of benzene rings is 1. The fourth-order valence-electron chi connectivity index (χ4n) is 1.62. The molecule has 0 unspecified atom stereocenters. The number of pyridine rings is 1. The minimum atomic E-state index is -0.963. The minimum absolute atomic E-state index is 0.0107. The fourth-order valence-corrected chi connectivity index (χ4v) is 1.62. The molecule has 7 heteroatoms. The van der Waals surface area contributed by atoms with Gasteiger partial charge in [-0.2, -0.15) is 0 Å². The van der Waals surface area contributed by atoms with Crippen LogP contribution in [-0.4, -0.2) is 30.2 Å². The predicted octanol–water partition coefficient (Wildman–Crippen LogP) is 2.22. The lowest BCUT2D eigenvalue weighted by molar-refractivity contribution is 0.0651. The molecule has 1 aromatic carbocycles. The molecule has 114 valence electrons. The van der Waals surface area contributed by atoms with Crippen molar-refractivity contribution >= 4 is 22.9 Å². The first kappa shape index (κ1) is 15.3. The van der Waals surface area contributed by atoms with Gasteiger partial charge in [0, 0.05) is 11.6 Å². The molecule has 0 amide bonds. The van der Waals surface area contributed by atoms with Gasteiger partial charge >= 0.3 is 6.16 Å². The molecule has 0 aliphatic heterocycles. The number of nitrogens with zero attached hydrogens (tertiary/aromatic N) is 2. The summed E-state index contributed by atoms with van der Waals surface area (Å²) in [5, 5.41) is 4.36. The van der Waals surface area contributed by atoms with Gasteiger partial charge in [0.2, 0.25) is 0 Å². The van der Waals surface area contributed by atoms with Crippen LogP contribution in [0.3, 0.4) is 0 Å². The van der Waals surface area contributed by atoms with Crippen LogP contribution in [0.1, 0.15) is 0 Å². The van der Waals surface area contributed by atoms with Gasteiger partial charge in [0.1, 0.15) is 24.5 Å². The van der Waals surface area contributed by atoms with E-state index in [9.17, 15) is 4.79 Å². The van der Waals surface area contributed by atoms with Gasteiger partial charge in [-0.15, -0.1) is 0 Å². The van der Waals surface area contributed by atoms with Gasteiger partial charge < -0.3 is 15.2 Å². The Bertz CT molecular complexity index is 695. The van der Waals surface area contributed by atoms with Crippen molar-refractivity contribution in [3.8, 4) is 5.75 Å².